The highest BCUT2D eigenvalue weighted by Gasteiger charge is 2.41. The summed E-state index contributed by atoms with van der Waals surface area (Å²) in [6.45, 7) is 8.60. The van der Waals surface area contributed by atoms with Crippen LogP contribution in [0.1, 0.15) is 52.9 Å². The summed E-state index contributed by atoms with van der Waals surface area (Å²) >= 11 is 0. The largest absolute Gasteiger partial charge is 0.481 e. The van der Waals surface area contributed by atoms with E-state index in [-0.39, 0.29) is 5.91 Å². The van der Waals surface area contributed by atoms with Crippen LogP contribution < -0.4 is 5.32 Å². The molecule has 0 saturated carbocycles. The number of nitrogens with zero attached hydrogens (tertiary/aromatic N) is 1. The van der Waals surface area contributed by atoms with Crippen molar-refractivity contribution in [2.75, 3.05) is 26.2 Å². The van der Waals surface area contributed by atoms with Crippen LogP contribution in [0.3, 0.4) is 0 Å². The van der Waals surface area contributed by atoms with Gasteiger partial charge in [-0.3, -0.25) is 14.5 Å². The van der Waals surface area contributed by atoms with Gasteiger partial charge in [0, 0.05) is 13.1 Å². The fourth-order valence-corrected chi connectivity index (χ4v) is 3.09. The molecule has 0 aromatic rings. The molecular weight excluding hydrogens is 268 g/mol. The number of piperidine rings is 1. The molecule has 1 saturated heterocycles. The second-order valence-electron chi connectivity index (χ2n) is 6.68. The van der Waals surface area contributed by atoms with Gasteiger partial charge in [-0.15, -0.1) is 0 Å². The van der Waals surface area contributed by atoms with Gasteiger partial charge in [0.25, 0.3) is 0 Å². The third-order valence-electron chi connectivity index (χ3n) is 4.25. The SMILES string of the molecule is CCCC1(C(=O)O)CCCN(CC(=O)NCCC(C)C)C1. The second kappa shape index (κ2) is 8.37. The lowest BCUT2D eigenvalue weighted by atomic mass is 9.76. The first-order chi connectivity index (χ1) is 9.89. The molecular formula is C16H30N2O3. The van der Waals surface area contributed by atoms with Crippen molar-refractivity contribution in [2.24, 2.45) is 11.3 Å². The van der Waals surface area contributed by atoms with E-state index in [9.17, 15) is 14.7 Å². The second-order valence-corrected chi connectivity index (χ2v) is 6.68. The Morgan fingerprint density at radius 3 is 2.67 bits per heavy atom. The lowest BCUT2D eigenvalue weighted by Gasteiger charge is -2.39. The summed E-state index contributed by atoms with van der Waals surface area (Å²) in [7, 11) is 0. The average Bonchev–Trinajstić information content (AvgIpc) is 2.38. The third-order valence-corrected chi connectivity index (χ3v) is 4.25. The van der Waals surface area contributed by atoms with Gasteiger partial charge in [-0.25, -0.2) is 0 Å². The van der Waals surface area contributed by atoms with E-state index in [2.05, 4.69) is 19.2 Å². The monoisotopic (exact) mass is 298 g/mol. The molecule has 1 rings (SSSR count). The zero-order valence-corrected chi connectivity index (χ0v) is 13.7. The molecule has 5 heteroatoms. The van der Waals surface area contributed by atoms with Crippen LogP contribution in [0.25, 0.3) is 0 Å². The molecule has 0 aromatic heterocycles. The lowest BCUT2D eigenvalue weighted by Crippen LogP contribution is -2.50. The van der Waals surface area contributed by atoms with E-state index in [1.165, 1.54) is 0 Å². The van der Waals surface area contributed by atoms with Gasteiger partial charge in [-0.1, -0.05) is 27.2 Å². The van der Waals surface area contributed by atoms with Crippen molar-refractivity contribution in [3.8, 4) is 0 Å². The Labute approximate surface area is 128 Å². The van der Waals surface area contributed by atoms with Crippen molar-refractivity contribution in [1.82, 2.24) is 10.2 Å². The van der Waals surface area contributed by atoms with Crippen LogP contribution in [-0.4, -0.2) is 48.1 Å². The maximum Gasteiger partial charge on any atom is 0.310 e. The molecule has 122 valence electrons. The van der Waals surface area contributed by atoms with E-state index in [0.717, 1.165) is 32.2 Å². The standard InChI is InChI=1S/C16H30N2O3/c1-4-7-16(15(20)21)8-5-10-18(12-16)11-14(19)17-9-6-13(2)3/h13H,4-12H2,1-3H3,(H,17,19)(H,20,21). The van der Waals surface area contributed by atoms with E-state index < -0.39 is 11.4 Å². The maximum atomic E-state index is 11.9. The number of carboxylic acids is 1. The first kappa shape index (κ1) is 18.0. The summed E-state index contributed by atoms with van der Waals surface area (Å²) in [4.78, 5) is 25.5. The summed E-state index contributed by atoms with van der Waals surface area (Å²) in [6.07, 6.45) is 4.10. The number of nitrogens with one attached hydrogen (secondary N) is 1. The predicted octanol–water partition coefficient (Wildman–Crippen LogP) is 2.12. The zero-order valence-electron chi connectivity index (χ0n) is 13.7. The molecule has 0 spiro atoms. The molecule has 1 amide bonds. The number of amides is 1. The molecule has 1 heterocycles. The minimum Gasteiger partial charge on any atom is -0.481 e. The molecule has 21 heavy (non-hydrogen) atoms. The summed E-state index contributed by atoms with van der Waals surface area (Å²) in [5, 5.41) is 12.5. The van der Waals surface area contributed by atoms with Crippen LogP contribution in [0.5, 0.6) is 0 Å². The topological polar surface area (TPSA) is 69.6 Å². The van der Waals surface area contributed by atoms with Crippen LogP contribution >= 0.6 is 0 Å². The quantitative estimate of drug-likeness (QED) is 0.720. The van der Waals surface area contributed by atoms with Crippen molar-refractivity contribution in [1.29, 1.82) is 0 Å². The highest BCUT2D eigenvalue weighted by molar-refractivity contribution is 5.78. The molecule has 1 aliphatic heterocycles. The molecule has 1 aliphatic rings. The van der Waals surface area contributed by atoms with Crippen molar-refractivity contribution >= 4 is 11.9 Å². The number of carboxylic acid groups (broad SMARTS) is 1. The summed E-state index contributed by atoms with van der Waals surface area (Å²) in [6, 6.07) is 0. The zero-order chi connectivity index (χ0) is 15.9. The van der Waals surface area contributed by atoms with Crippen molar-refractivity contribution in [3.63, 3.8) is 0 Å². The van der Waals surface area contributed by atoms with Crippen LogP contribution in [0.2, 0.25) is 0 Å². The smallest absolute Gasteiger partial charge is 0.310 e. The van der Waals surface area contributed by atoms with Gasteiger partial charge in [-0.05, 0) is 38.1 Å². The summed E-state index contributed by atoms with van der Waals surface area (Å²) in [5.41, 5.74) is -0.661. The van der Waals surface area contributed by atoms with Crippen molar-refractivity contribution < 1.29 is 14.7 Å². The maximum absolute atomic E-state index is 11.9. The van der Waals surface area contributed by atoms with Crippen molar-refractivity contribution in [3.05, 3.63) is 0 Å². The molecule has 5 nitrogen and oxygen atoms in total. The van der Waals surface area contributed by atoms with Gasteiger partial charge < -0.3 is 10.4 Å². The molecule has 1 atom stereocenters. The van der Waals surface area contributed by atoms with E-state index in [1.54, 1.807) is 0 Å². The highest BCUT2D eigenvalue weighted by Crippen LogP contribution is 2.34. The Morgan fingerprint density at radius 2 is 2.10 bits per heavy atom. The molecule has 0 bridgehead atoms. The Hall–Kier alpha value is -1.10. The first-order valence-electron chi connectivity index (χ1n) is 8.12. The Kier molecular flexibility index (Phi) is 7.15. The summed E-state index contributed by atoms with van der Waals surface area (Å²) < 4.78 is 0. The first-order valence-corrected chi connectivity index (χ1v) is 8.12. The number of aliphatic carboxylic acids is 1. The van der Waals surface area contributed by atoms with Gasteiger partial charge >= 0.3 is 5.97 Å². The predicted molar refractivity (Wildman–Crippen MR) is 83.1 cm³/mol. The van der Waals surface area contributed by atoms with Crippen LogP contribution in [-0.2, 0) is 9.59 Å². The molecule has 1 fully saturated rings. The van der Waals surface area contributed by atoms with Gasteiger partial charge in [0.15, 0.2) is 0 Å². The molecule has 0 aliphatic carbocycles. The molecule has 1 unspecified atom stereocenters. The van der Waals surface area contributed by atoms with E-state index in [4.69, 9.17) is 0 Å². The van der Waals surface area contributed by atoms with Gasteiger partial charge in [0.05, 0.1) is 12.0 Å². The number of likely N-dealkylation sites (tertiary alicyclic amines) is 1. The van der Waals surface area contributed by atoms with Crippen LogP contribution in [0, 0.1) is 11.3 Å². The van der Waals surface area contributed by atoms with Crippen LogP contribution in [0.15, 0.2) is 0 Å². The number of carbonyl (C=O) groups excluding carboxylic acids is 1. The highest BCUT2D eigenvalue weighted by atomic mass is 16.4. The van der Waals surface area contributed by atoms with Crippen molar-refractivity contribution in [2.45, 2.75) is 52.9 Å². The van der Waals surface area contributed by atoms with Crippen LogP contribution in [0.4, 0.5) is 0 Å². The fourth-order valence-electron chi connectivity index (χ4n) is 3.09. The number of rotatable bonds is 8. The third kappa shape index (κ3) is 5.65. The average molecular weight is 298 g/mol. The van der Waals surface area contributed by atoms with E-state index >= 15 is 0 Å². The Morgan fingerprint density at radius 1 is 1.38 bits per heavy atom. The number of carbonyl (C=O) groups is 2. The number of hydrogen-bond donors (Lipinski definition) is 2. The lowest BCUT2D eigenvalue weighted by molar-refractivity contribution is -0.154. The van der Waals surface area contributed by atoms with Gasteiger partial charge in [-0.2, -0.15) is 0 Å². The van der Waals surface area contributed by atoms with Gasteiger partial charge in [0.1, 0.15) is 0 Å². The number of hydrogen-bond acceptors (Lipinski definition) is 3. The van der Waals surface area contributed by atoms with E-state index in [0.29, 0.717) is 32.0 Å². The van der Waals surface area contributed by atoms with Gasteiger partial charge in [0.2, 0.25) is 5.91 Å². The minimum absolute atomic E-state index is 0.00772. The molecule has 2 N–H and O–H groups in total. The minimum atomic E-state index is -0.714. The molecule has 0 radical (unpaired) electrons. The normalized spacial score (nSPS) is 23.2. The summed E-state index contributed by atoms with van der Waals surface area (Å²) in [5.74, 6) is -0.132. The fraction of sp³-hybridized carbons (Fsp3) is 0.875. The Balaban J connectivity index is 2.48. The Bertz CT molecular complexity index is 353. The molecule has 0 aromatic carbocycles. The van der Waals surface area contributed by atoms with E-state index in [1.807, 2.05) is 11.8 Å².